The van der Waals surface area contributed by atoms with Crippen LogP contribution in [0.3, 0.4) is 0 Å². The second kappa shape index (κ2) is 5.73. The molecule has 1 aromatic carbocycles. The van der Waals surface area contributed by atoms with Crippen molar-refractivity contribution in [1.82, 2.24) is 9.78 Å². The Morgan fingerprint density at radius 3 is 2.61 bits per heavy atom. The van der Waals surface area contributed by atoms with Crippen molar-refractivity contribution in [3.8, 4) is 0 Å². The van der Waals surface area contributed by atoms with E-state index in [-0.39, 0.29) is 6.42 Å². The zero-order valence-corrected chi connectivity index (χ0v) is 10.9. The van der Waals surface area contributed by atoms with Gasteiger partial charge in [0.25, 0.3) is 0 Å². The number of carbonyl (C=O) groups is 1. The van der Waals surface area contributed by atoms with E-state index in [0.29, 0.717) is 0 Å². The molecule has 18 heavy (non-hydrogen) atoms. The van der Waals surface area contributed by atoms with E-state index in [9.17, 15) is 4.79 Å². The highest BCUT2D eigenvalue weighted by atomic mass is 32.2. The van der Waals surface area contributed by atoms with Crippen LogP contribution in [-0.4, -0.2) is 20.9 Å². The molecule has 5 heteroatoms. The number of hydrogen-bond acceptors (Lipinski definition) is 3. The number of carboxylic acids is 1. The predicted octanol–water partition coefficient (Wildman–Crippen LogP) is 2.34. The van der Waals surface area contributed by atoms with E-state index in [1.54, 1.807) is 16.4 Å². The number of carboxylic acid groups (broad SMARTS) is 1. The molecule has 1 aromatic heterocycles. The molecule has 0 aliphatic carbocycles. The first-order valence-corrected chi connectivity index (χ1v) is 6.54. The average Bonchev–Trinajstić information content (AvgIpc) is 2.74. The minimum atomic E-state index is -0.802. The number of rotatable bonds is 5. The molecule has 1 N–H and O–H groups in total. The van der Waals surface area contributed by atoms with Crippen molar-refractivity contribution in [3.05, 3.63) is 47.8 Å². The van der Waals surface area contributed by atoms with Crippen molar-refractivity contribution < 1.29 is 9.90 Å². The van der Waals surface area contributed by atoms with Crippen molar-refractivity contribution >= 4 is 17.7 Å². The van der Waals surface area contributed by atoms with Crippen LogP contribution < -0.4 is 0 Å². The highest BCUT2D eigenvalue weighted by molar-refractivity contribution is 7.98. The summed E-state index contributed by atoms with van der Waals surface area (Å²) in [6, 6.07) is 9.60. The summed E-state index contributed by atoms with van der Waals surface area (Å²) >= 11 is 1.69. The zero-order chi connectivity index (χ0) is 13.0. The summed E-state index contributed by atoms with van der Waals surface area (Å²) in [5.41, 5.74) is 1.86. The van der Waals surface area contributed by atoms with Gasteiger partial charge in [-0.25, -0.2) is 0 Å². The summed E-state index contributed by atoms with van der Waals surface area (Å²) < 4.78 is 1.78. The lowest BCUT2D eigenvalue weighted by molar-refractivity contribution is -0.136. The Bertz CT molecular complexity index is 534. The van der Waals surface area contributed by atoms with Crippen LogP contribution in [0.4, 0.5) is 0 Å². The monoisotopic (exact) mass is 262 g/mol. The highest BCUT2D eigenvalue weighted by Gasteiger charge is 2.02. The molecule has 0 aliphatic rings. The second-order valence-electron chi connectivity index (χ2n) is 3.98. The molecule has 2 aromatic rings. The topological polar surface area (TPSA) is 55.1 Å². The van der Waals surface area contributed by atoms with Crippen LogP contribution in [-0.2, 0) is 24.0 Å². The lowest BCUT2D eigenvalue weighted by atomic mass is 10.2. The van der Waals surface area contributed by atoms with Crippen molar-refractivity contribution in [3.63, 3.8) is 0 Å². The number of benzene rings is 1. The Kier molecular flexibility index (Phi) is 4.04. The van der Waals surface area contributed by atoms with Crippen molar-refractivity contribution in [2.24, 2.45) is 7.05 Å². The second-order valence-corrected chi connectivity index (χ2v) is 5.03. The molecular weight excluding hydrogens is 248 g/mol. The van der Waals surface area contributed by atoms with E-state index in [0.717, 1.165) is 21.9 Å². The van der Waals surface area contributed by atoms with E-state index in [2.05, 4.69) is 5.10 Å². The van der Waals surface area contributed by atoms with Crippen LogP contribution in [0.15, 0.2) is 41.4 Å². The normalized spacial score (nSPS) is 10.5. The fraction of sp³-hybridized carbons (Fsp3) is 0.231. The van der Waals surface area contributed by atoms with Gasteiger partial charge in [-0.05, 0) is 23.8 Å². The zero-order valence-electron chi connectivity index (χ0n) is 10.0. The SMILES string of the molecule is Cn1ccc(CSc2ccc(CC(=O)O)cc2)n1. The molecule has 1 heterocycles. The summed E-state index contributed by atoms with van der Waals surface area (Å²) in [7, 11) is 1.90. The number of thioether (sulfide) groups is 1. The van der Waals surface area contributed by atoms with Gasteiger partial charge in [0.05, 0.1) is 12.1 Å². The van der Waals surface area contributed by atoms with Gasteiger partial charge in [0.2, 0.25) is 0 Å². The number of hydrogen-bond donors (Lipinski definition) is 1. The Morgan fingerprint density at radius 2 is 2.06 bits per heavy atom. The van der Waals surface area contributed by atoms with Crippen LogP contribution >= 0.6 is 11.8 Å². The minimum absolute atomic E-state index is 0.0746. The molecule has 94 valence electrons. The van der Waals surface area contributed by atoms with Gasteiger partial charge in [-0.3, -0.25) is 9.48 Å². The molecule has 2 rings (SSSR count). The molecule has 4 nitrogen and oxygen atoms in total. The molecule has 0 saturated carbocycles. The van der Waals surface area contributed by atoms with Gasteiger partial charge in [-0.1, -0.05) is 12.1 Å². The van der Waals surface area contributed by atoms with Gasteiger partial charge in [-0.15, -0.1) is 11.8 Å². The molecular formula is C13H14N2O2S. The first kappa shape index (κ1) is 12.7. The third-order valence-electron chi connectivity index (χ3n) is 2.43. The molecule has 0 fully saturated rings. The summed E-state index contributed by atoms with van der Waals surface area (Å²) in [6.45, 7) is 0. The van der Waals surface area contributed by atoms with Crippen LogP contribution in [0.5, 0.6) is 0 Å². The Balaban J connectivity index is 1.92. The van der Waals surface area contributed by atoms with Crippen molar-refractivity contribution in [2.75, 3.05) is 0 Å². The molecule has 0 aliphatic heterocycles. The molecule has 0 atom stereocenters. The van der Waals surface area contributed by atoms with Gasteiger partial charge in [-0.2, -0.15) is 5.10 Å². The van der Waals surface area contributed by atoms with Gasteiger partial charge in [0.15, 0.2) is 0 Å². The molecule has 0 amide bonds. The smallest absolute Gasteiger partial charge is 0.307 e. The first-order chi connectivity index (χ1) is 8.63. The minimum Gasteiger partial charge on any atom is -0.481 e. The lowest BCUT2D eigenvalue weighted by Crippen LogP contribution is -1.99. The maximum atomic E-state index is 10.6. The van der Waals surface area contributed by atoms with Crippen molar-refractivity contribution in [1.29, 1.82) is 0 Å². The summed E-state index contributed by atoms with van der Waals surface area (Å²) in [5, 5.41) is 13.0. The van der Waals surface area contributed by atoms with Gasteiger partial charge >= 0.3 is 5.97 Å². The number of aliphatic carboxylic acids is 1. The summed E-state index contributed by atoms with van der Waals surface area (Å²) in [6.07, 6.45) is 2.00. The van der Waals surface area contributed by atoms with Crippen LogP contribution in [0.1, 0.15) is 11.3 Å². The molecule has 0 radical (unpaired) electrons. The van der Waals surface area contributed by atoms with E-state index in [1.807, 2.05) is 43.6 Å². The summed E-state index contributed by atoms with van der Waals surface area (Å²) in [5.74, 6) is 0.0166. The Morgan fingerprint density at radius 1 is 1.33 bits per heavy atom. The molecule has 0 bridgehead atoms. The van der Waals surface area contributed by atoms with Crippen LogP contribution in [0, 0.1) is 0 Å². The summed E-state index contributed by atoms with van der Waals surface area (Å²) in [4.78, 5) is 11.7. The highest BCUT2D eigenvalue weighted by Crippen LogP contribution is 2.22. The van der Waals surface area contributed by atoms with E-state index < -0.39 is 5.97 Å². The molecule has 0 spiro atoms. The number of aryl methyl sites for hydroxylation is 1. The third kappa shape index (κ3) is 3.63. The van der Waals surface area contributed by atoms with E-state index in [1.165, 1.54) is 0 Å². The fourth-order valence-corrected chi connectivity index (χ4v) is 2.37. The van der Waals surface area contributed by atoms with Gasteiger partial charge in [0, 0.05) is 23.9 Å². The quantitative estimate of drug-likeness (QED) is 0.840. The molecule has 0 unspecified atom stereocenters. The fourth-order valence-electron chi connectivity index (χ4n) is 1.58. The Labute approximate surface area is 110 Å². The number of nitrogens with zero attached hydrogens (tertiary/aromatic N) is 2. The number of aromatic nitrogens is 2. The average molecular weight is 262 g/mol. The maximum Gasteiger partial charge on any atom is 0.307 e. The van der Waals surface area contributed by atoms with Gasteiger partial charge < -0.3 is 5.11 Å². The maximum absolute atomic E-state index is 10.6. The Hall–Kier alpha value is -1.75. The van der Waals surface area contributed by atoms with Gasteiger partial charge in [0.1, 0.15) is 0 Å². The predicted molar refractivity (Wildman–Crippen MR) is 70.6 cm³/mol. The first-order valence-electron chi connectivity index (χ1n) is 5.55. The molecule has 0 saturated heterocycles. The van der Waals surface area contributed by atoms with E-state index in [4.69, 9.17) is 5.11 Å². The van der Waals surface area contributed by atoms with Crippen LogP contribution in [0.25, 0.3) is 0 Å². The third-order valence-corrected chi connectivity index (χ3v) is 3.48. The largest absolute Gasteiger partial charge is 0.481 e. The standard InChI is InChI=1S/C13H14N2O2S/c1-15-7-6-11(14-15)9-18-12-4-2-10(3-5-12)8-13(16)17/h2-7H,8-9H2,1H3,(H,16,17). The van der Waals surface area contributed by atoms with Crippen LogP contribution in [0.2, 0.25) is 0 Å². The van der Waals surface area contributed by atoms with E-state index >= 15 is 0 Å². The lowest BCUT2D eigenvalue weighted by Gasteiger charge is -2.01. The van der Waals surface area contributed by atoms with Crippen molar-refractivity contribution in [2.45, 2.75) is 17.1 Å².